The van der Waals surface area contributed by atoms with Crippen molar-refractivity contribution in [1.29, 1.82) is 0 Å². The Morgan fingerprint density at radius 2 is 2.25 bits per heavy atom. The number of anilines is 1. The zero-order valence-corrected chi connectivity index (χ0v) is 11.5. The zero-order chi connectivity index (χ0) is 14.4. The minimum absolute atomic E-state index is 0.132. The fourth-order valence-corrected chi connectivity index (χ4v) is 2.00. The molecule has 0 bridgehead atoms. The van der Waals surface area contributed by atoms with Crippen LogP contribution in [0.3, 0.4) is 0 Å². The number of ether oxygens (including phenoxy) is 3. The van der Waals surface area contributed by atoms with E-state index in [1.807, 2.05) is 24.3 Å². The molecule has 0 radical (unpaired) electrons. The molecule has 6 nitrogen and oxygen atoms in total. The molecule has 1 aliphatic heterocycles. The molecule has 2 rings (SSSR count). The highest BCUT2D eigenvalue weighted by atomic mass is 16.7. The molecule has 1 aliphatic rings. The second-order valence-electron chi connectivity index (χ2n) is 4.54. The van der Waals surface area contributed by atoms with Gasteiger partial charge >= 0.3 is 0 Å². The van der Waals surface area contributed by atoms with E-state index in [9.17, 15) is 4.79 Å². The molecule has 1 aromatic carbocycles. The first-order valence-corrected chi connectivity index (χ1v) is 6.59. The molecule has 0 saturated carbocycles. The predicted molar refractivity (Wildman–Crippen MR) is 74.2 cm³/mol. The van der Waals surface area contributed by atoms with Gasteiger partial charge in [0.2, 0.25) is 5.91 Å². The van der Waals surface area contributed by atoms with Crippen molar-refractivity contribution in [2.75, 3.05) is 32.2 Å². The largest absolute Gasteiger partial charge is 0.380 e. The van der Waals surface area contributed by atoms with Crippen LogP contribution < -0.4 is 11.1 Å². The van der Waals surface area contributed by atoms with E-state index in [1.165, 1.54) is 0 Å². The minimum Gasteiger partial charge on any atom is -0.380 e. The van der Waals surface area contributed by atoms with Gasteiger partial charge in [-0.3, -0.25) is 4.79 Å². The lowest BCUT2D eigenvalue weighted by molar-refractivity contribution is -0.118. The lowest BCUT2D eigenvalue weighted by Gasteiger charge is -2.14. The van der Waals surface area contributed by atoms with Crippen LogP contribution in [-0.2, 0) is 19.0 Å². The van der Waals surface area contributed by atoms with Crippen molar-refractivity contribution < 1.29 is 19.0 Å². The van der Waals surface area contributed by atoms with Crippen LogP contribution in [-0.4, -0.2) is 38.9 Å². The molecule has 1 aromatic rings. The quantitative estimate of drug-likeness (QED) is 0.813. The van der Waals surface area contributed by atoms with Crippen molar-refractivity contribution in [3.8, 4) is 0 Å². The van der Waals surface area contributed by atoms with Crippen LogP contribution in [0.25, 0.3) is 0 Å². The molecule has 1 saturated heterocycles. The van der Waals surface area contributed by atoms with Crippen molar-refractivity contribution in [1.82, 2.24) is 0 Å². The third-order valence-corrected chi connectivity index (χ3v) is 3.07. The molecule has 20 heavy (non-hydrogen) atoms. The van der Waals surface area contributed by atoms with Crippen molar-refractivity contribution in [3.05, 3.63) is 29.8 Å². The molecule has 1 atom stereocenters. The standard InChI is InChI=1S/C14H20N2O4/c1-18-12(9-15)8-13(17)16-11-4-2-3-10(7-11)14-19-5-6-20-14/h2-4,7,12,14H,5-6,8-9,15H2,1H3,(H,16,17). The fourth-order valence-electron chi connectivity index (χ4n) is 2.00. The van der Waals surface area contributed by atoms with Gasteiger partial charge in [-0.05, 0) is 12.1 Å². The average Bonchev–Trinajstić information content (AvgIpc) is 2.99. The molecule has 1 heterocycles. The number of amides is 1. The van der Waals surface area contributed by atoms with Crippen LogP contribution in [0.4, 0.5) is 5.69 Å². The summed E-state index contributed by atoms with van der Waals surface area (Å²) in [7, 11) is 1.54. The van der Waals surface area contributed by atoms with E-state index in [-0.39, 0.29) is 24.7 Å². The summed E-state index contributed by atoms with van der Waals surface area (Å²) >= 11 is 0. The molecule has 0 spiro atoms. The molecule has 3 N–H and O–H groups in total. The molecule has 1 unspecified atom stereocenters. The summed E-state index contributed by atoms with van der Waals surface area (Å²) in [5, 5.41) is 2.82. The Morgan fingerprint density at radius 1 is 1.50 bits per heavy atom. The van der Waals surface area contributed by atoms with E-state index < -0.39 is 0 Å². The number of nitrogens with one attached hydrogen (secondary N) is 1. The highest BCUT2D eigenvalue weighted by Crippen LogP contribution is 2.25. The van der Waals surface area contributed by atoms with Gasteiger partial charge in [0.05, 0.1) is 25.7 Å². The molecule has 0 aliphatic carbocycles. The number of carbonyl (C=O) groups excluding carboxylic acids is 1. The van der Waals surface area contributed by atoms with Gasteiger partial charge in [-0.2, -0.15) is 0 Å². The van der Waals surface area contributed by atoms with E-state index in [2.05, 4.69) is 5.32 Å². The lowest BCUT2D eigenvalue weighted by Crippen LogP contribution is -2.28. The third kappa shape index (κ3) is 4.01. The van der Waals surface area contributed by atoms with Crippen LogP contribution in [0.2, 0.25) is 0 Å². The van der Waals surface area contributed by atoms with Crippen molar-refractivity contribution >= 4 is 11.6 Å². The summed E-state index contributed by atoms with van der Waals surface area (Å²) in [6, 6.07) is 7.43. The Bertz CT molecular complexity index is 443. The number of nitrogens with two attached hydrogens (primary N) is 1. The predicted octanol–water partition coefficient (Wildman–Crippen LogP) is 1.03. The van der Waals surface area contributed by atoms with Crippen molar-refractivity contribution in [2.45, 2.75) is 18.8 Å². The van der Waals surface area contributed by atoms with E-state index in [4.69, 9.17) is 19.9 Å². The number of benzene rings is 1. The van der Waals surface area contributed by atoms with Crippen LogP contribution in [0.5, 0.6) is 0 Å². The zero-order valence-electron chi connectivity index (χ0n) is 11.5. The van der Waals surface area contributed by atoms with Gasteiger partial charge in [-0.15, -0.1) is 0 Å². The molecular weight excluding hydrogens is 260 g/mol. The van der Waals surface area contributed by atoms with Crippen LogP contribution >= 0.6 is 0 Å². The topological polar surface area (TPSA) is 82.8 Å². The number of methoxy groups -OCH3 is 1. The summed E-state index contributed by atoms with van der Waals surface area (Å²) in [6.07, 6.45) is -0.379. The fraction of sp³-hybridized carbons (Fsp3) is 0.500. The first-order valence-electron chi connectivity index (χ1n) is 6.59. The van der Waals surface area contributed by atoms with Crippen LogP contribution in [0, 0.1) is 0 Å². The van der Waals surface area contributed by atoms with Gasteiger partial charge < -0.3 is 25.3 Å². The number of carbonyl (C=O) groups is 1. The maximum Gasteiger partial charge on any atom is 0.227 e. The Labute approximate surface area is 118 Å². The molecule has 6 heteroatoms. The molecular formula is C14H20N2O4. The Balaban J connectivity index is 1.95. The monoisotopic (exact) mass is 280 g/mol. The molecule has 1 fully saturated rings. The highest BCUT2D eigenvalue weighted by molar-refractivity contribution is 5.91. The maximum absolute atomic E-state index is 11.9. The minimum atomic E-state index is -0.345. The number of rotatable bonds is 6. The normalized spacial score (nSPS) is 17.1. The van der Waals surface area contributed by atoms with Gasteiger partial charge in [0, 0.05) is 24.9 Å². The van der Waals surface area contributed by atoms with Gasteiger partial charge in [-0.1, -0.05) is 12.1 Å². The summed E-state index contributed by atoms with van der Waals surface area (Å²) in [5.41, 5.74) is 7.09. The number of hydrogen-bond donors (Lipinski definition) is 2. The third-order valence-electron chi connectivity index (χ3n) is 3.07. The first kappa shape index (κ1) is 14.9. The molecule has 0 aromatic heterocycles. The van der Waals surface area contributed by atoms with Gasteiger partial charge in [-0.25, -0.2) is 0 Å². The van der Waals surface area contributed by atoms with Crippen molar-refractivity contribution in [2.24, 2.45) is 5.73 Å². The average molecular weight is 280 g/mol. The van der Waals surface area contributed by atoms with Gasteiger partial charge in [0.25, 0.3) is 0 Å². The summed E-state index contributed by atoms with van der Waals surface area (Å²) in [6.45, 7) is 1.49. The second-order valence-corrected chi connectivity index (χ2v) is 4.54. The van der Waals surface area contributed by atoms with Gasteiger partial charge in [0.15, 0.2) is 6.29 Å². The molecule has 110 valence electrons. The van der Waals surface area contributed by atoms with Crippen LogP contribution in [0.1, 0.15) is 18.3 Å². The lowest BCUT2D eigenvalue weighted by atomic mass is 10.2. The SMILES string of the molecule is COC(CN)CC(=O)Nc1cccc(C2OCCO2)c1. The Morgan fingerprint density at radius 3 is 2.90 bits per heavy atom. The maximum atomic E-state index is 11.9. The Hall–Kier alpha value is -1.47. The van der Waals surface area contributed by atoms with E-state index >= 15 is 0 Å². The number of hydrogen-bond acceptors (Lipinski definition) is 5. The van der Waals surface area contributed by atoms with E-state index in [0.717, 1.165) is 5.56 Å². The summed E-state index contributed by atoms with van der Waals surface area (Å²) in [5.74, 6) is -0.132. The first-order chi connectivity index (χ1) is 9.72. The summed E-state index contributed by atoms with van der Waals surface area (Å²) in [4.78, 5) is 11.9. The van der Waals surface area contributed by atoms with Crippen LogP contribution in [0.15, 0.2) is 24.3 Å². The smallest absolute Gasteiger partial charge is 0.227 e. The molecule has 1 amide bonds. The van der Waals surface area contributed by atoms with Gasteiger partial charge in [0.1, 0.15) is 0 Å². The second kappa shape index (κ2) is 7.35. The summed E-state index contributed by atoms with van der Waals surface area (Å²) < 4.78 is 15.9. The van der Waals surface area contributed by atoms with E-state index in [1.54, 1.807) is 7.11 Å². The van der Waals surface area contributed by atoms with Crippen molar-refractivity contribution in [3.63, 3.8) is 0 Å². The highest BCUT2D eigenvalue weighted by Gasteiger charge is 2.18. The Kier molecular flexibility index (Phi) is 5.49. The van der Waals surface area contributed by atoms with E-state index in [0.29, 0.717) is 25.4 Å².